The predicted molar refractivity (Wildman–Crippen MR) is 62.6 cm³/mol. The van der Waals surface area contributed by atoms with Crippen molar-refractivity contribution < 1.29 is 56.2 Å². The van der Waals surface area contributed by atoms with Crippen LogP contribution in [0.15, 0.2) is 18.5 Å². The summed E-state index contributed by atoms with van der Waals surface area (Å²) in [7, 11) is 0. The third-order valence-electron chi connectivity index (χ3n) is 2.29. The van der Waals surface area contributed by atoms with Crippen molar-refractivity contribution in [2.24, 2.45) is 0 Å². The average Bonchev–Trinajstić information content (AvgIpc) is 2.20. The molecule has 82 valence electrons. The Balaban J connectivity index is 0.00000144. The maximum atomic E-state index is 11.0. The van der Waals surface area contributed by atoms with E-state index in [2.05, 4.69) is 15.3 Å². The number of amides is 1. The number of carbonyl (C=O) groups excluding carboxylic acids is 1. The number of benzene rings is 1. The standard InChI is InChI=1S/C11H12N4O.K/c1-6-3-8-10(13-5-14-11(8)12)4-9(6)15-7(2)16;/h3-5H,1-2H3,(H3,12,13,14,15,16);/q;+1/p-1. The van der Waals surface area contributed by atoms with Crippen molar-refractivity contribution in [2.75, 3.05) is 5.32 Å². The molecule has 1 aromatic carbocycles. The van der Waals surface area contributed by atoms with Crippen LogP contribution < -0.4 is 56.7 Å². The second-order valence-corrected chi connectivity index (χ2v) is 3.59. The van der Waals surface area contributed by atoms with Gasteiger partial charge in [-0.1, -0.05) is 5.82 Å². The van der Waals surface area contributed by atoms with Crippen molar-refractivity contribution in [3.8, 4) is 0 Å². The Morgan fingerprint density at radius 2 is 2.06 bits per heavy atom. The molecular weight excluding hydrogens is 243 g/mol. The molecule has 1 amide bonds. The first-order valence-corrected chi connectivity index (χ1v) is 4.82. The molecule has 0 spiro atoms. The summed E-state index contributed by atoms with van der Waals surface area (Å²) in [5.74, 6) is 0.0741. The molecule has 0 saturated carbocycles. The number of fused-ring (bicyclic) bond motifs is 1. The van der Waals surface area contributed by atoms with Crippen LogP contribution in [0, 0.1) is 6.92 Å². The Morgan fingerprint density at radius 1 is 1.35 bits per heavy atom. The third-order valence-corrected chi connectivity index (χ3v) is 2.29. The molecule has 0 bridgehead atoms. The molecule has 0 aliphatic heterocycles. The molecule has 0 unspecified atom stereocenters. The predicted octanol–water partition coefficient (Wildman–Crippen LogP) is -0.416. The fraction of sp³-hybridized carbons (Fsp3) is 0.182. The molecule has 5 nitrogen and oxygen atoms in total. The van der Waals surface area contributed by atoms with Gasteiger partial charge in [-0.25, -0.2) is 0 Å². The maximum Gasteiger partial charge on any atom is 1.00 e. The van der Waals surface area contributed by atoms with E-state index in [0.29, 0.717) is 10.9 Å². The maximum absolute atomic E-state index is 11.0. The van der Waals surface area contributed by atoms with Crippen LogP contribution in [0.1, 0.15) is 12.5 Å². The van der Waals surface area contributed by atoms with E-state index in [1.807, 2.05) is 13.0 Å². The third kappa shape index (κ3) is 3.23. The molecule has 2 rings (SSSR count). The smallest absolute Gasteiger partial charge is 0.481 e. The molecule has 0 aliphatic rings. The van der Waals surface area contributed by atoms with Gasteiger partial charge in [0.05, 0.1) is 5.52 Å². The number of aromatic nitrogens is 2. The molecule has 0 atom stereocenters. The van der Waals surface area contributed by atoms with Gasteiger partial charge in [-0.15, -0.1) is 0 Å². The minimum Gasteiger partial charge on any atom is -0.481 e. The monoisotopic (exact) mass is 254 g/mol. The number of aryl methyl sites for hydroxylation is 1. The number of carbonyl (C=O) groups is 1. The van der Waals surface area contributed by atoms with Crippen molar-refractivity contribution in [1.82, 2.24) is 9.97 Å². The number of nitrogens with one attached hydrogen (secondary N) is 2. The molecular formula is C11H11KN4O. The van der Waals surface area contributed by atoms with Crippen molar-refractivity contribution >= 4 is 28.3 Å². The van der Waals surface area contributed by atoms with Gasteiger partial charge in [0.2, 0.25) is 5.91 Å². The van der Waals surface area contributed by atoms with Gasteiger partial charge in [-0.2, -0.15) is 0 Å². The molecule has 0 saturated heterocycles. The number of anilines is 1. The summed E-state index contributed by atoms with van der Waals surface area (Å²) in [6.07, 6.45) is 1.34. The first-order chi connectivity index (χ1) is 7.58. The number of hydrogen-bond donors (Lipinski definition) is 1. The van der Waals surface area contributed by atoms with E-state index >= 15 is 0 Å². The van der Waals surface area contributed by atoms with Gasteiger partial charge in [0.15, 0.2) is 0 Å². The Kier molecular flexibility index (Phi) is 5.02. The molecule has 2 N–H and O–H groups in total. The topological polar surface area (TPSA) is 78.7 Å². The molecule has 2 aromatic rings. The van der Waals surface area contributed by atoms with Gasteiger partial charge in [-0.05, 0) is 30.0 Å². The second kappa shape index (κ2) is 5.88. The molecule has 1 aromatic heterocycles. The molecule has 6 heteroatoms. The number of hydrogen-bond acceptors (Lipinski definition) is 3. The Bertz CT molecular complexity index is 571. The van der Waals surface area contributed by atoms with Gasteiger partial charge in [0.1, 0.15) is 0 Å². The quantitative estimate of drug-likeness (QED) is 0.702. The normalized spacial score (nSPS) is 9.76. The van der Waals surface area contributed by atoms with Crippen LogP contribution in [0.25, 0.3) is 16.6 Å². The van der Waals surface area contributed by atoms with Gasteiger partial charge in [0.25, 0.3) is 0 Å². The first-order valence-electron chi connectivity index (χ1n) is 4.82. The van der Waals surface area contributed by atoms with Crippen molar-refractivity contribution in [2.45, 2.75) is 13.8 Å². The number of rotatable bonds is 1. The van der Waals surface area contributed by atoms with Crippen LogP contribution >= 0.6 is 0 Å². The molecule has 0 aliphatic carbocycles. The van der Waals surface area contributed by atoms with Gasteiger partial charge in [-0.3, -0.25) is 9.78 Å². The van der Waals surface area contributed by atoms with E-state index in [1.165, 1.54) is 13.3 Å². The SMILES string of the molecule is CC(=O)Nc1cc2ncnc([NH-])c2cc1C.[K+]. The van der Waals surface area contributed by atoms with E-state index in [9.17, 15) is 4.79 Å². The second-order valence-electron chi connectivity index (χ2n) is 3.59. The van der Waals surface area contributed by atoms with Crippen molar-refractivity contribution in [3.05, 3.63) is 29.8 Å². The van der Waals surface area contributed by atoms with Crippen LogP contribution in [0.4, 0.5) is 11.5 Å². The van der Waals surface area contributed by atoms with Crippen LogP contribution in [0.5, 0.6) is 0 Å². The molecule has 0 radical (unpaired) electrons. The van der Waals surface area contributed by atoms with Crippen molar-refractivity contribution in [3.63, 3.8) is 0 Å². The van der Waals surface area contributed by atoms with Crippen molar-refractivity contribution in [1.29, 1.82) is 0 Å². The largest absolute Gasteiger partial charge is 1.00 e. The summed E-state index contributed by atoms with van der Waals surface area (Å²) in [5, 5.41) is 3.41. The van der Waals surface area contributed by atoms with Crippen LogP contribution in [-0.2, 0) is 4.79 Å². The van der Waals surface area contributed by atoms with Gasteiger partial charge >= 0.3 is 51.4 Å². The minimum absolute atomic E-state index is 0. The minimum atomic E-state index is -0.123. The van der Waals surface area contributed by atoms with E-state index in [0.717, 1.165) is 11.3 Å². The van der Waals surface area contributed by atoms with E-state index in [1.54, 1.807) is 6.07 Å². The van der Waals surface area contributed by atoms with E-state index in [4.69, 9.17) is 5.73 Å². The van der Waals surface area contributed by atoms with Crippen LogP contribution in [-0.4, -0.2) is 15.9 Å². The van der Waals surface area contributed by atoms with E-state index in [-0.39, 0.29) is 63.1 Å². The Hall–Kier alpha value is -0.534. The zero-order valence-corrected chi connectivity index (χ0v) is 13.2. The zero-order valence-electron chi connectivity index (χ0n) is 10.0. The van der Waals surface area contributed by atoms with Gasteiger partial charge < -0.3 is 16.0 Å². The first kappa shape index (κ1) is 14.5. The average molecular weight is 254 g/mol. The molecule has 1 heterocycles. The molecule has 0 fully saturated rings. The zero-order chi connectivity index (χ0) is 11.7. The van der Waals surface area contributed by atoms with Crippen LogP contribution in [0.3, 0.4) is 0 Å². The summed E-state index contributed by atoms with van der Waals surface area (Å²) in [5.41, 5.74) is 9.91. The number of nitrogens with zero attached hydrogens (tertiary/aromatic N) is 2. The summed E-state index contributed by atoms with van der Waals surface area (Å²) >= 11 is 0. The fourth-order valence-electron chi connectivity index (χ4n) is 1.54. The molecule has 17 heavy (non-hydrogen) atoms. The fourth-order valence-corrected chi connectivity index (χ4v) is 1.54. The summed E-state index contributed by atoms with van der Waals surface area (Å²) in [4.78, 5) is 18.9. The van der Waals surface area contributed by atoms with E-state index < -0.39 is 0 Å². The van der Waals surface area contributed by atoms with Gasteiger partial charge in [0, 0.05) is 18.9 Å². The summed E-state index contributed by atoms with van der Waals surface area (Å²) < 4.78 is 0. The van der Waals surface area contributed by atoms with Crippen LogP contribution in [0.2, 0.25) is 0 Å². The summed E-state index contributed by atoms with van der Waals surface area (Å²) in [6, 6.07) is 3.56. The summed E-state index contributed by atoms with van der Waals surface area (Å²) in [6.45, 7) is 3.33. The Labute approximate surface area is 142 Å². The Morgan fingerprint density at radius 3 is 2.71 bits per heavy atom.